The molecule has 0 saturated carbocycles. The van der Waals surface area contributed by atoms with E-state index in [1.165, 1.54) is 39.9 Å². The normalized spacial score (nSPS) is 17.5. The van der Waals surface area contributed by atoms with Crippen molar-refractivity contribution in [3.63, 3.8) is 0 Å². The molecule has 25 heavy (non-hydrogen) atoms. The summed E-state index contributed by atoms with van der Waals surface area (Å²) in [6, 6.07) is 10.1. The average molecular weight is 371 g/mol. The molecule has 1 atom stereocenters. The van der Waals surface area contributed by atoms with E-state index in [4.69, 9.17) is 4.42 Å². The van der Waals surface area contributed by atoms with Gasteiger partial charge in [0.2, 0.25) is 5.78 Å². The number of amides is 1. The number of rotatable bonds is 5. The molecule has 0 radical (unpaired) electrons. The number of hydrogen-bond acceptors (Lipinski definition) is 6. The summed E-state index contributed by atoms with van der Waals surface area (Å²) in [7, 11) is 0. The lowest BCUT2D eigenvalue weighted by Crippen LogP contribution is -2.29. The summed E-state index contributed by atoms with van der Waals surface area (Å²) < 4.78 is 5.18. The van der Waals surface area contributed by atoms with E-state index in [1.54, 1.807) is 6.07 Å². The maximum atomic E-state index is 12.8. The summed E-state index contributed by atoms with van der Waals surface area (Å²) in [6.07, 6.45) is 1.39. The molecule has 126 valence electrons. The molecule has 1 unspecified atom stereocenters. The number of aliphatic hydroxyl groups is 1. The van der Waals surface area contributed by atoms with Crippen LogP contribution in [-0.4, -0.2) is 21.7 Å². The quantitative estimate of drug-likeness (QED) is 0.683. The van der Waals surface area contributed by atoms with Crippen molar-refractivity contribution in [1.82, 2.24) is 4.90 Å². The maximum Gasteiger partial charge on any atom is 0.290 e. The van der Waals surface area contributed by atoms with Gasteiger partial charge in [0.1, 0.15) is 6.04 Å². The van der Waals surface area contributed by atoms with Gasteiger partial charge in [-0.2, -0.15) is 0 Å². The van der Waals surface area contributed by atoms with E-state index in [9.17, 15) is 14.7 Å². The van der Waals surface area contributed by atoms with Crippen molar-refractivity contribution in [2.45, 2.75) is 12.6 Å². The number of carbonyl (C=O) groups is 2. The van der Waals surface area contributed by atoms with E-state index in [-0.39, 0.29) is 11.3 Å². The molecular formula is C18H13NO4S2. The summed E-state index contributed by atoms with van der Waals surface area (Å²) in [4.78, 5) is 28.8. The van der Waals surface area contributed by atoms with E-state index in [0.717, 1.165) is 9.75 Å². The number of hydrogen-bond donors (Lipinski definition) is 1. The second-order valence-electron chi connectivity index (χ2n) is 5.50. The molecule has 4 heterocycles. The topological polar surface area (TPSA) is 70.8 Å². The van der Waals surface area contributed by atoms with Crippen LogP contribution >= 0.6 is 22.7 Å². The van der Waals surface area contributed by atoms with Crippen LogP contribution in [0.3, 0.4) is 0 Å². The van der Waals surface area contributed by atoms with Gasteiger partial charge in [-0.25, -0.2) is 0 Å². The fourth-order valence-electron chi connectivity index (χ4n) is 2.90. The van der Waals surface area contributed by atoms with Gasteiger partial charge >= 0.3 is 0 Å². The van der Waals surface area contributed by atoms with Crippen LogP contribution in [0.2, 0.25) is 0 Å². The first-order chi connectivity index (χ1) is 12.2. The van der Waals surface area contributed by atoms with Gasteiger partial charge in [-0.15, -0.1) is 22.7 Å². The van der Waals surface area contributed by atoms with Crippen molar-refractivity contribution in [2.24, 2.45) is 0 Å². The molecule has 0 aromatic carbocycles. The second-order valence-corrected chi connectivity index (χ2v) is 7.51. The van der Waals surface area contributed by atoms with E-state index in [1.807, 2.05) is 35.0 Å². The van der Waals surface area contributed by atoms with Crippen molar-refractivity contribution in [3.05, 3.63) is 80.3 Å². The van der Waals surface area contributed by atoms with Crippen LogP contribution in [0.15, 0.2) is 69.2 Å². The first kappa shape index (κ1) is 15.9. The fraction of sp³-hybridized carbons (Fsp3) is 0.111. The smallest absolute Gasteiger partial charge is 0.290 e. The lowest BCUT2D eigenvalue weighted by atomic mass is 10.0. The Kier molecular flexibility index (Phi) is 4.03. The molecule has 4 rings (SSSR count). The minimum Gasteiger partial charge on any atom is -0.503 e. The summed E-state index contributed by atoms with van der Waals surface area (Å²) >= 11 is 2.97. The van der Waals surface area contributed by atoms with Crippen LogP contribution in [0.25, 0.3) is 0 Å². The minimum absolute atomic E-state index is 0.0685. The molecule has 3 aromatic heterocycles. The van der Waals surface area contributed by atoms with Crippen LogP contribution in [0.1, 0.15) is 26.4 Å². The van der Waals surface area contributed by atoms with E-state index >= 15 is 0 Å². The van der Waals surface area contributed by atoms with E-state index in [2.05, 4.69) is 0 Å². The van der Waals surface area contributed by atoms with Gasteiger partial charge < -0.3 is 14.4 Å². The zero-order valence-electron chi connectivity index (χ0n) is 12.9. The number of aliphatic hydroxyl groups excluding tert-OH is 1. The zero-order chi connectivity index (χ0) is 17.4. The summed E-state index contributed by atoms with van der Waals surface area (Å²) in [5, 5.41) is 14.2. The van der Waals surface area contributed by atoms with Crippen LogP contribution < -0.4 is 0 Å². The van der Waals surface area contributed by atoms with Gasteiger partial charge in [-0.1, -0.05) is 12.1 Å². The van der Waals surface area contributed by atoms with Crippen molar-refractivity contribution in [1.29, 1.82) is 0 Å². The third-order valence-corrected chi connectivity index (χ3v) is 5.80. The van der Waals surface area contributed by atoms with Gasteiger partial charge in [0.25, 0.3) is 5.91 Å². The highest BCUT2D eigenvalue weighted by molar-refractivity contribution is 7.10. The molecular weight excluding hydrogens is 358 g/mol. The maximum absolute atomic E-state index is 12.8. The number of nitrogens with zero attached hydrogens (tertiary/aromatic N) is 1. The Labute approximate surface area is 151 Å². The first-order valence-electron chi connectivity index (χ1n) is 7.55. The van der Waals surface area contributed by atoms with Crippen LogP contribution in [0.5, 0.6) is 0 Å². The highest BCUT2D eigenvalue weighted by atomic mass is 32.1. The average Bonchev–Trinajstić information content (AvgIpc) is 3.39. The molecule has 1 aliphatic heterocycles. The van der Waals surface area contributed by atoms with Gasteiger partial charge in [0.15, 0.2) is 11.5 Å². The van der Waals surface area contributed by atoms with Gasteiger partial charge in [0, 0.05) is 9.75 Å². The minimum atomic E-state index is -0.618. The van der Waals surface area contributed by atoms with E-state index in [0.29, 0.717) is 6.54 Å². The predicted molar refractivity (Wildman–Crippen MR) is 94.6 cm³/mol. The molecule has 5 nitrogen and oxygen atoms in total. The Morgan fingerprint density at radius 1 is 1.16 bits per heavy atom. The Morgan fingerprint density at radius 2 is 1.96 bits per heavy atom. The van der Waals surface area contributed by atoms with Crippen LogP contribution in [0, 0.1) is 0 Å². The Morgan fingerprint density at radius 3 is 2.60 bits per heavy atom. The van der Waals surface area contributed by atoms with E-state index < -0.39 is 23.5 Å². The number of Topliss-reactive ketones (excluding diaryl/α,β-unsaturated/α-hetero) is 1. The molecule has 1 aliphatic rings. The SMILES string of the molecule is O=C(C1=C(O)C(=O)N(Cc2cccs2)C1c1cccs1)c1ccco1. The van der Waals surface area contributed by atoms with Crippen molar-refractivity contribution in [3.8, 4) is 0 Å². The standard InChI is InChI=1S/C18H13NO4S2/c20-16(12-5-1-7-23-12)14-15(13-6-3-9-25-13)19(18(22)17(14)21)10-11-4-2-8-24-11/h1-9,15,21H,10H2. The molecule has 0 fully saturated rings. The third-order valence-electron chi connectivity index (χ3n) is 4.01. The molecule has 3 aromatic rings. The zero-order valence-corrected chi connectivity index (χ0v) is 14.5. The largest absolute Gasteiger partial charge is 0.503 e. The number of furan rings is 1. The molecule has 1 N–H and O–H groups in total. The lowest BCUT2D eigenvalue weighted by molar-refractivity contribution is -0.129. The highest BCUT2D eigenvalue weighted by Crippen LogP contribution is 2.41. The molecule has 7 heteroatoms. The lowest BCUT2D eigenvalue weighted by Gasteiger charge is -2.24. The Hall–Kier alpha value is -2.64. The van der Waals surface area contributed by atoms with Gasteiger partial charge in [-0.05, 0) is 35.0 Å². The summed E-state index contributed by atoms with van der Waals surface area (Å²) in [6.45, 7) is 0.331. The summed E-state index contributed by atoms with van der Waals surface area (Å²) in [5.41, 5.74) is 0.0685. The van der Waals surface area contributed by atoms with Gasteiger partial charge in [-0.3, -0.25) is 9.59 Å². The fourth-order valence-corrected chi connectivity index (χ4v) is 4.45. The highest BCUT2D eigenvalue weighted by Gasteiger charge is 2.44. The molecule has 0 saturated heterocycles. The number of thiophene rings is 2. The molecule has 1 amide bonds. The Balaban J connectivity index is 1.78. The van der Waals surface area contributed by atoms with Crippen molar-refractivity contribution in [2.75, 3.05) is 0 Å². The van der Waals surface area contributed by atoms with Crippen molar-refractivity contribution >= 4 is 34.4 Å². The summed E-state index contributed by atoms with van der Waals surface area (Å²) in [5.74, 6) is -1.41. The first-order valence-corrected chi connectivity index (χ1v) is 9.31. The predicted octanol–water partition coefficient (Wildman–Crippen LogP) is 4.18. The Bertz CT molecular complexity index is 924. The second kappa shape index (κ2) is 6.34. The number of carbonyl (C=O) groups excluding carboxylic acids is 2. The van der Waals surface area contributed by atoms with Crippen molar-refractivity contribution < 1.29 is 19.1 Å². The van der Waals surface area contributed by atoms with Crippen LogP contribution in [0.4, 0.5) is 0 Å². The van der Waals surface area contributed by atoms with Crippen LogP contribution in [-0.2, 0) is 11.3 Å². The van der Waals surface area contributed by atoms with Gasteiger partial charge in [0.05, 0.1) is 18.4 Å². The molecule has 0 bridgehead atoms. The molecule has 0 spiro atoms. The molecule has 0 aliphatic carbocycles. The third kappa shape index (κ3) is 2.71. The number of ketones is 1. The monoisotopic (exact) mass is 371 g/mol.